The highest BCUT2D eigenvalue weighted by Crippen LogP contribution is 2.23. The van der Waals surface area contributed by atoms with Crippen molar-refractivity contribution in [3.8, 4) is 0 Å². The molecule has 2 rings (SSSR count). The van der Waals surface area contributed by atoms with Crippen molar-refractivity contribution in [2.75, 3.05) is 26.3 Å². The minimum absolute atomic E-state index is 0.0813. The third-order valence-corrected chi connectivity index (χ3v) is 4.41. The minimum atomic E-state index is -0.0813. The van der Waals surface area contributed by atoms with E-state index in [1.54, 1.807) is 0 Å². The molecule has 0 radical (unpaired) electrons. The first-order valence-electron chi connectivity index (χ1n) is 9.47. The van der Waals surface area contributed by atoms with Crippen molar-refractivity contribution in [2.45, 2.75) is 58.8 Å². The van der Waals surface area contributed by atoms with Crippen molar-refractivity contribution >= 4 is 5.96 Å². The van der Waals surface area contributed by atoms with Gasteiger partial charge in [-0.25, -0.2) is 4.99 Å². The Morgan fingerprint density at radius 1 is 1.24 bits per heavy atom. The van der Waals surface area contributed by atoms with Gasteiger partial charge in [0.1, 0.15) is 0 Å². The molecule has 1 aromatic carbocycles. The van der Waals surface area contributed by atoms with E-state index in [0.717, 1.165) is 51.5 Å². The van der Waals surface area contributed by atoms with Gasteiger partial charge in [-0.1, -0.05) is 31.2 Å². The van der Waals surface area contributed by atoms with Crippen LogP contribution in [0.25, 0.3) is 0 Å². The maximum absolute atomic E-state index is 5.84. The molecular formula is C20H33N3O2. The number of nitrogens with one attached hydrogen (secondary N) is 2. The number of rotatable bonds is 9. The van der Waals surface area contributed by atoms with Crippen LogP contribution < -0.4 is 10.6 Å². The average Bonchev–Trinajstić information content (AvgIpc) is 3.05. The van der Waals surface area contributed by atoms with Gasteiger partial charge in [0.15, 0.2) is 5.96 Å². The second-order valence-electron chi connectivity index (χ2n) is 6.77. The summed E-state index contributed by atoms with van der Waals surface area (Å²) in [5, 5.41) is 6.75. The Hall–Kier alpha value is -1.59. The van der Waals surface area contributed by atoms with Gasteiger partial charge < -0.3 is 20.1 Å². The minimum Gasteiger partial charge on any atom is -0.377 e. The van der Waals surface area contributed by atoms with Crippen LogP contribution in [0.4, 0.5) is 0 Å². The molecule has 1 atom stereocenters. The van der Waals surface area contributed by atoms with Crippen molar-refractivity contribution in [1.29, 1.82) is 0 Å². The van der Waals surface area contributed by atoms with Crippen molar-refractivity contribution < 1.29 is 9.47 Å². The van der Waals surface area contributed by atoms with E-state index in [-0.39, 0.29) is 5.60 Å². The molecule has 1 aliphatic rings. The van der Waals surface area contributed by atoms with E-state index in [9.17, 15) is 0 Å². The Morgan fingerprint density at radius 2 is 2.04 bits per heavy atom. The third-order valence-electron chi connectivity index (χ3n) is 4.41. The predicted molar refractivity (Wildman–Crippen MR) is 103 cm³/mol. The molecule has 0 saturated carbocycles. The van der Waals surface area contributed by atoms with Crippen LogP contribution in [0.1, 0.15) is 51.2 Å². The van der Waals surface area contributed by atoms with Gasteiger partial charge in [-0.15, -0.1) is 0 Å². The monoisotopic (exact) mass is 347 g/mol. The smallest absolute Gasteiger partial charge is 0.191 e. The molecule has 1 unspecified atom stereocenters. The van der Waals surface area contributed by atoms with Crippen LogP contribution in [0.2, 0.25) is 0 Å². The van der Waals surface area contributed by atoms with Gasteiger partial charge in [-0.2, -0.15) is 0 Å². The van der Waals surface area contributed by atoms with E-state index in [1.165, 1.54) is 11.1 Å². The highest BCUT2D eigenvalue weighted by atomic mass is 16.5. The predicted octanol–water partition coefficient (Wildman–Crippen LogP) is 3.24. The van der Waals surface area contributed by atoms with Crippen LogP contribution >= 0.6 is 0 Å². The summed E-state index contributed by atoms with van der Waals surface area (Å²) in [6.45, 7) is 10.9. The van der Waals surface area contributed by atoms with E-state index in [2.05, 4.69) is 55.7 Å². The zero-order valence-corrected chi connectivity index (χ0v) is 15.9. The molecule has 1 aromatic rings. The molecule has 5 nitrogen and oxygen atoms in total. The Morgan fingerprint density at radius 3 is 2.72 bits per heavy atom. The number of nitrogens with zero attached hydrogens (tertiary/aromatic N) is 1. The summed E-state index contributed by atoms with van der Waals surface area (Å²) >= 11 is 0. The van der Waals surface area contributed by atoms with E-state index in [1.807, 2.05) is 0 Å². The number of ether oxygens (including phenoxy) is 2. The largest absolute Gasteiger partial charge is 0.377 e. The maximum Gasteiger partial charge on any atom is 0.191 e. The summed E-state index contributed by atoms with van der Waals surface area (Å²) in [6, 6.07) is 8.36. The number of guanidine groups is 1. The van der Waals surface area contributed by atoms with Gasteiger partial charge in [0, 0.05) is 26.3 Å². The van der Waals surface area contributed by atoms with Crippen molar-refractivity contribution in [1.82, 2.24) is 10.6 Å². The van der Waals surface area contributed by atoms with E-state index in [4.69, 9.17) is 14.5 Å². The van der Waals surface area contributed by atoms with Crippen molar-refractivity contribution in [2.24, 2.45) is 4.99 Å². The summed E-state index contributed by atoms with van der Waals surface area (Å²) in [6.07, 6.45) is 3.27. The maximum atomic E-state index is 5.84. The molecule has 1 saturated heterocycles. The number of aliphatic imine (C=N–C) groups is 1. The van der Waals surface area contributed by atoms with Gasteiger partial charge in [-0.05, 0) is 44.2 Å². The summed E-state index contributed by atoms with van der Waals surface area (Å²) in [5.41, 5.74) is 2.34. The van der Waals surface area contributed by atoms with Gasteiger partial charge >= 0.3 is 0 Å². The topological polar surface area (TPSA) is 54.9 Å². The molecule has 0 aromatic heterocycles. The Bertz CT molecular complexity index is 539. The molecule has 0 amide bonds. The standard InChI is InChI=1S/C20H33N3O2/c1-4-12-24-15-18-10-7-6-9-17(18)14-22-19(21-5-2)23-16-20(3)11-8-13-25-20/h6-7,9-10H,4-5,8,11-16H2,1-3H3,(H2,21,22,23). The third kappa shape index (κ3) is 6.67. The number of hydrogen-bond donors (Lipinski definition) is 2. The zero-order chi connectivity index (χ0) is 18.0. The zero-order valence-electron chi connectivity index (χ0n) is 15.9. The Labute approximate surface area is 152 Å². The molecule has 0 bridgehead atoms. The SMILES string of the molecule is CCCOCc1ccccc1CN=C(NCC)NCC1(C)CCCO1. The first-order chi connectivity index (χ1) is 12.2. The summed E-state index contributed by atoms with van der Waals surface area (Å²) in [5.74, 6) is 0.837. The molecule has 0 spiro atoms. The molecule has 0 aliphatic carbocycles. The van der Waals surface area contributed by atoms with Crippen LogP contribution in [0.3, 0.4) is 0 Å². The van der Waals surface area contributed by atoms with Gasteiger partial charge in [-0.3, -0.25) is 0 Å². The highest BCUT2D eigenvalue weighted by Gasteiger charge is 2.29. The molecule has 1 aliphatic heterocycles. The van der Waals surface area contributed by atoms with Crippen LogP contribution in [-0.2, 0) is 22.6 Å². The van der Waals surface area contributed by atoms with Crippen LogP contribution in [0.15, 0.2) is 29.3 Å². The quantitative estimate of drug-likeness (QED) is 0.409. The van der Waals surface area contributed by atoms with Crippen molar-refractivity contribution in [3.63, 3.8) is 0 Å². The lowest BCUT2D eigenvalue weighted by Gasteiger charge is -2.24. The first kappa shape index (κ1) is 19.7. The highest BCUT2D eigenvalue weighted by molar-refractivity contribution is 5.79. The molecule has 25 heavy (non-hydrogen) atoms. The molecule has 2 N–H and O–H groups in total. The molecular weight excluding hydrogens is 314 g/mol. The van der Waals surface area contributed by atoms with Crippen LogP contribution in [0.5, 0.6) is 0 Å². The van der Waals surface area contributed by atoms with Gasteiger partial charge in [0.25, 0.3) is 0 Å². The Kier molecular flexibility index (Phi) is 8.22. The fourth-order valence-corrected chi connectivity index (χ4v) is 2.93. The number of hydrogen-bond acceptors (Lipinski definition) is 3. The van der Waals surface area contributed by atoms with Crippen molar-refractivity contribution in [3.05, 3.63) is 35.4 Å². The second kappa shape index (κ2) is 10.4. The second-order valence-corrected chi connectivity index (χ2v) is 6.77. The fourth-order valence-electron chi connectivity index (χ4n) is 2.93. The van der Waals surface area contributed by atoms with E-state index < -0.39 is 0 Å². The van der Waals surface area contributed by atoms with E-state index >= 15 is 0 Å². The number of benzene rings is 1. The normalized spacial score (nSPS) is 20.7. The molecule has 1 fully saturated rings. The lowest BCUT2D eigenvalue weighted by Crippen LogP contribution is -2.45. The first-order valence-corrected chi connectivity index (χ1v) is 9.47. The molecule has 5 heteroatoms. The fraction of sp³-hybridized carbons (Fsp3) is 0.650. The Balaban J connectivity index is 1.95. The molecule has 140 valence electrons. The lowest BCUT2D eigenvalue weighted by molar-refractivity contribution is 0.0243. The summed E-state index contributed by atoms with van der Waals surface area (Å²) < 4.78 is 11.5. The van der Waals surface area contributed by atoms with Gasteiger partial charge in [0.05, 0.1) is 18.8 Å². The summed E-state index contributed by atoms with van der Waals surface area (Å²) in [4.78, 5) is 4.75. The van der Waals surface area contributed by atoms with Crippen LogP contribution in [-0.4, -0.2) is 37.9 Å². The summed E-state index contributed by atoms with van der Waals surface area (Å²) in [7, 11) is 0. The van der Waals surface area contributed by atoms with E-state index in [0.29, 0.717) is 13.2 Å². The molecule has 1 heterocycles. The lowest BCUT2D eigenvalue weighted by atomic mass is 10.0. The van der Waals surface area contributed by atoms with Gasteiger partial charge in [0.2, 0.25) is 0 Å². The average molecular weight is 348 g/mol. The van der Waals surface area contributed by atoms with Crippen LogP contribution in [0, 0.1) is 0 Å².